The van der Waals surface area contributed by atoms with Crippen LogP contribution in [0, 0.1) is 16.7 Å². The molecule has 9 nitrogen and oxygen atoms in total. The first-order chi connectivity index (χ1) is 21.8. The van der Waals surface area contributed by atoms with Crippen molar-refractivity contribution in [3.05, 3.63) is 65.2 Å². The number of methoxy groups -OCH3 is 1. The second kappa shape index (κ2) is 13.9. The van der Waals surface area contributed by atoms with Gasteiger partial charge in [0.15, 0.2) is 9.84 Å². The van der Waals surface area contributed by atoms with Crippen LogP contribution >= 0.6 is 0 Å². The lowest BCUT2D eigenvalue weighted by Crippen LogP contribution is -2.51. The molecule has 1 fully saturated rings. The maximum absolute atomic E-state index is 14.7. The number of sulfone groups is 1. The van der Waals surface area contributed by atoms with E-state index in [1.807, 2.05) is 17.0 Å². The zero-order chi connectivity index (χ0) is 34.8. The third-order valence-electron chi connectivity index (χ3n) is 9.62. The van der Waals surface area contributed by atoms with Gasteiger partial charge in [-0.3, -0.25) is 19.4 Å². The van der Waals surface area contributed by atoms with Crippen LogP contribution in [-0.4, -0.2) is 62.4 Å². The van der Waals surface area contributed by atoms with E-state index < -0.39 is 21.5 Å². The number of carbonyl (C=O) groups excluding carboxylic acids is 3. The summed E-state index contributed by atoms with van der Waals surface area (Å²) in [5.74, 6) is -0.402. The lowest BCUT2D eigenvalue weighted by molar-refractivity contribution is -0.140. The van der Waals surface area contributed by atoms with Crippen LogP contribution in [0.5, 0.6) is 0 Å². The van der Waals surface area contributed by atoms with E-state index in [0.29, 0.717) is 42.0 Å². The summed E-state index contributed by atoms with van der Waals surface area (Å²) in [6.07, 6.45) is 6.05. The first kappa shape index (κ1) is 36.3. The fourth-order valence-electron chi connectivity index (χ4n) is 6.76. The summed E-state index contributed by atoms with van der Waals surface area (Å²) in [4.78, 5) is 46.3. The fourth-order valence-corrected chi connectivity index (χ4v) is 7.43. The third kappa shape index (κ3) is 8.69. The second-order valence-corrected chi connectivity index (χ2v) is 17.4. The molecule has 1 heterocycles. The minimum atomic E-state index is -3.49. The number of hydrogen-bond acceptors (Lipinski definition) is 7. The quantitative estimate of drug-likeness (QED) is 0.289. The molecule has 2 amide bonds. The second-order valence-electron chi connectivity index (χ2n) is 15.4. The van der Waals surface area contributed by atoms with Gasteiger partial charge >= 0.3 is 5.97 Å². The number of amides is 2. The topological polar surface area (TPSA) is 122 Å². The molecule has 0 bridgehead atoms. The number of rotatable bonds is 10. The minimum absolute atomic E-state index is 0.00501. The number of esters is 1. The summed E-state index contributed by atoms with van der Waals surface area (Å²) in [5.41, 5.74) is 1.54. The van der Waals surface area contributed by atoms with Gasteiger partial charge in [0, 0.05) is 23.9 Å². The molecule has 1 saturated carbocycles. The van der Waals surface area contributed by atoms with E-state index in [1.54, 1.807) is 36.4 Å². The summed E-state index contributed by atoms with van der Waals surface area (Å²) >= 11 is 0. The minimum Gasteiger partial charge on any atom is -0.469 e. The number of nitrogens with zero attached hydrogens (tertiary/aromatic N) is 2. The molecule has 0 radical (unpaired) electrons. The van der Waals surface area contributed by atoms with Gasteiger partial charge in [-0.1, -0.05) is 65.8 Å². The Kier molecular flexibility index (Phi) is 10.7. The van der Waals surface area contributed by atoms with Gasteiger partial charge < -0.3 is 15.0 Å². The molecule has 4 rings (SSSR count). The lowest BCUT2D eigenvalue weighted by atomic mass is 9.69. The van der Waals surface area contributed by atoms with Crippen molar-refractivity contribution in [3.8, 4) is 0 Å². The van der Waals surface area contributed by atoms with Crippen LogP contribution < -0.4 is 5.32 Å². The third-order valence-corrected chi connectivity index (χ3v) is 10.7. The summed E-state index contributed by atoms with van der Waals surface area (Å²) in [7, 11) is -2.17. The van der Waals surface area contributed by atoms with Crippen LogP contribution in [0.25, 0.3) is 0 Å². The molecule has 0 aromatic heterocycles. The number of hydrogen-bond donors (Lipinski definition) is 1. The van der Waals surface area contributed by atoms with Gasteiger partial charge in [0.05, 0.1) is 24.5 Å². The highest BCUT2D eigenvalue weighted by Gasteiger charge is 2.52. The molecule has 2 aromatic rings. The number of benzene rings is 2. The summed E-state index contributed by atoms with van der Waals surface area (Å²) in [6, 6.07) is 13.5. The van der Waals surface area contributed by atoms with Gasteiger partial charge in [0.1, 0.15) is 11.4 Å². The predicted octanol–water partition coefficient (Wildman–Crippen LogP) is 6.51. The van der Waals surface area contributed by atoms with E-state index >= 15 is 0 Å². The average Bonchev–Trinajstić information content (AvgIpc) is 3.27. The van der Waals surface area contributed by atoms with Crippen molar-refractivity contribution in [2.75, 3.05) is 19.9 Å². The number of ether oxygens (including phenoxy) is 1. The highest BCUT2D eigenvalue weighted by molar-refractivity contribution is 7.90. The van der Waals surface area contributed by atoms with E-state index in [9.17, 15) is 22.8 Å². The molecule has 47 heavy (non-hydrogen) atoms. The molecule has 1 spiro atoms. The number of nitrogens with one attached hydrogen (secondary N) is 1. The van der Waals surface area contributed by atoms with Crippen molar-refractivity contribution in [2.45, 2.75) is 103 Å². The Bertz CT molecular complexity index is 1610. The van der Waals surface area contributed by atoms with E-state index in [4.69, 9.17) is 4.99 Å². The molecule has 2 aromatic carbocycles. The van der Waals surface area contributed by atoms with Crippen LogP contribution in [0.15, 0.2) is 58.4 Å². The normalized spacial score (nSPS) is 21.0. The maximum Gasteiger partial charge on any atom is 0.307 e. The Hall–Kier alpha value is -3.53. The van der Waals surface area contributed by atoms with Crippen LogP contribution in [0.2, 0.25) is 0 Å². The Morgan fingerprint density at radius 1 is 1.04 bits per heavy atom. The Balaban J connectivity index is 1.75. The first-order valence-electron chi connectivity index (χ1n) is 16.5. The van der Waals surface area contributed by atoms with Crippen molar-refractivity contribution < 1.29 is 27.5 Å². The average molecular weight is 666 g/mol. The summed E-state index contributed by atoms with van der Waals surface area (Å²) in [6.45, 7) is 13.5. The SMILES string of the molecule is COC(=O)CCNC(=O)c1ccc([C@@H](CCC(C)(C)C)N2C(=O)C(c3cccc(S(C)(=O)=O)c3)=NC23CCC(C(C)(C)C)CC3)cc1. The van der Waals surface area contributed by atoms with Crippen molar-refractivity contribution in [1.82, 2.24) is 10.2 Å². The Morgan fingerprint density at radius 2 is 1.68 bits per heavy atom. The maximum atomic E-state index is 14.7. The Labute approximate surface area is 280 Å². The van der Waals surface area contributed by atoms with Gasteiger partial charge in [0.2, 0.25) is 0 Å². The van der Waals surface area contributed by atoms with Crippen molar-refractivity contribution in [2.24, 2.45) is 21.7 Å². The fraction of sp³-hybridized carbons (Fsp3) is 0.568. The van der Waals surface area contributed by atoms with Gasteiger partial charge in [-0.25, -0.2) is 8.42 Å². The molecule has 256 valence electrons. The van der Waals surface area contributed by atoms with E-state index in [2.05, 4.69) is 51.6 Å². The Morgan fingerprint density at radius 3 is 2.23 bits per heavy atom. The van der Waals surface area contributed by atoms with Gasteiger partial charge in [-0.05, 0) is 85.1 Å². The smallest absolute Gasteiger partial charge is 0.307 e. The molecule has 0 unspecified atom stereocenters. The number of aliphatic imine (C=N–C) groups is 1. The van der Waals surface area contributed by atoms with Gasteiger partial charge in [-0.15, -0.1) is 0 Å². The summed E-state index contributed by atoms with van der Waals surface area (Å²) in [5, 5.41) is 2.76. The first-order valence-corrected chi connectivity index (χ1v) is 18.4. The van der Waals surface area contributed by atoms with E-state index in [-0.39, 0.29) is 46.5 Å². The monoisotopic (exact) mass is 665 g/mol. The number of carbonyl (C=O) groups is 3. The van der Waals surface area contributed by atoms with Crippen molar-refractivity contribution in [3.63, 3.8) is 0 Å². The molecule has 1 atom stereocenters. The zero-order valence-electron chi connectivity index (χ0n) is 29.2. The van der Waals surface area contributed by atoms with E-state index in [0.717, 1.165) is 31.1 Å². The van der Waals surface area contributed by atoms with Crippen molar-refractivity contribution >= 4 is 33.3 Å². The highest BCUT2D eigenvalue weighted by atomic mass is 32.2. The molecular weight excluding hydrogens is 614 g/mol. The largest absolute Gasteiger partial charge is 0.469 e. The van der Waals surface area contributed by atoms with E-state index in [1.165, 1.54) is 7.11 Å². The lowest BCUT2D eigenvalue weighted by Gasteiger charge is -2.47. The molecule has 2 aliphatic rings. The standard InChI is InChI=1S/C37H51N3O6S/c1-35(2,3)20-18-30(25-12-14-26(15-13-25)33(42)38-23-19-31(41)46-7)40-34(43)32(27-10-9-11-29(24-27)47(8,44)45)39-37(40)21-16-28(17-22-37)36(4,5)6/h9-15,24,28,30H,16-23H2,1-8H3,(H,38,42)/t28?,30-,37?/m1/s1. The van der Waals surface area contributed by atoms with Crippen LogP contribution in [0.4, 0.5) is 0 Å². The van der Waals surface area contributed by atoms with Crippen LogP contribution in [-0.2, 0) is 24.2 Å². The van der Waals surface area contributed by atoms with Crippen LogP contribution in [0.1, 0.15) is 114 Å². The molecular formula is C37H51N3O6S. The molecule has 10 heteroatoms. The molecule has 0 saturated heterocycles. The zero-order valence-corrected chi connectivity index (χ0v) is 30.0. The molecule has 1 N–H and O–H groups in total. The van der Waals surface area contributed by atoms with Crippen molar-refractivity contribution in [1.29, 1.82) is 0 Å². The van der Waals surface area contributed by atoms with Gasteiger partial charge in [0.25, 0.3) is 11.8 Å². The van der Waals surface area contributed by atoms with Crippen LogP contribution in [0.3, 0.4) is 0 Å². The highest BCUT2D eigenvalue weighted by Crippen LogP contribution is 2.50. The molecule has 1 aliphatic carbocycles. The predicted molar refractivity (Wildman–Crippen MR) is 184 cm³/mol. The molecule has 1 aliphatic heterocycles. The summed E-state index contributed by atoms with van der Waals surface area (Å²) < 4.78 is 29.5. The van der Waals surface area contributed by atoms with Gasteiger partial charge in [-0.2, -0.15) is 0 Å².